The van der Waals surface area contributed by atoms with Crippen LogP contribution in [0.25, 0.3) is 0 Å². The summed E-state index contributed by atoms with van der Waals surface area (Å²) >= 11 is 7.62. The molecule has 0 aliphatic rings. The fraction of sp³-hybridized carbons (Fsp3) is 0.231. The molecule has 1 heterocycles. The van der Waals surface area contributed by atoms with Gasteiger partial charge in [-0.2, -0.15) is 0 Å². The van der Waals surface area contributed by atoms with Gasteiger partial charge in [-0.25, -0.2) is 0 Å². The van der Waals surface area contributed by atoms with Crippen LogP contribution in [0.5, 0.6) is 5.75 Å². The van der Waals surface area contributed by atoms with Gasteiger partial charge in [0.2, 0.25) is 0 Å². The van der Waals surface area contributed by atoms with Gasteiger partial charge in [0.1, 0.15) is 5.75 Å². The van der Waals surface area contributed by atoms with Gasteiger partial charge in [0, 0.05) is 28.0 Å². The van der Waals surface area contributed by atoms with Gasteiger partial charge in [0.15, 0.2) is 0 Å². The molecule has 0 saturated heterocycles. The van der Waals surface area contributed by atoms with Crippen LogP contribution in [0.3, 0.4) is 0 Å². The van der Waals surface area contributed by atoms with E-state index in [9.17, 15) is 5.11 Å². The lowest BCUT2D eigenvalue weighted by atomic mass is 10.2. The molecule has 1 unspecified atom stereocenters. The van der Waals surface area contributed by atoms with Crippen molar-refractivity contribution in [1.29, 1.82) is 0 Å². The van der Waals surface area contributed by atoms with E-state index in [-0.39, 0.29) is 11.8 Å². The molecule has 17 heavy (non-hydrogen) atoms. The van der Waals surface area contributed by atoms with Crippen LogP contribution >= 0.6 is 22.9 Å². The van der Waals surface area contributed by atoms with E-state index in [1.807, 2.05) is 6.07 Å². The minimum Gasteiger partial charge on any atom is -0.508 e. The van der Waals surface area contributed by atoms with Crippen LogP contribution in [0.2, 0.25) is 5.02 Å². The molecule has 0 spiro atoms. The predicted molar refractivity (Wildman–Crippen MR) is 72.7 cm³/mol. The van der Waals surface area contributed by atoms with Crippen molar-refractivity contribution in [1.82, 2.24) is 5.32 Å². The van der Waals surface area contributed by atoms with Gasteiger partial charge < -0.3 is 10.4 Å². The first kappa shape index (κ1) is 12.4. The zero-order valence-electron chi connectivity index (χ0n) is 9.48. The first-order chi connectivity index (χ1) is 8.16. The molecule has 0 aliphatic carbocycles. The number of phenols is 1. The van der Waals surface area contributed by atoms with Crippen LogP contribution in [0.4, 0.5) is 0 Å². The number of rotatable bonds is 4. The number of benzene rings is 1. The van der Waals surface area contributed by atoms with Crippen molar-refractivity contribution in [2.75, 3.05) is 0 Å². The van der Waals surface area contributed by atoms with Crippen molar-refractivity contribution in [2.45, 2.75) is 19.5 Å². The monoisotopic (exact) mass is 267 g/mol. The lowest BCUT2D eigenvalue weighted by Crippen LogP contribution is -2.17. The molecule has 90 valence electrons. The van der Waals surface area contributed by atoms with E-state index in [4.69, 9.17) is 11.6 Å². The molecule has 1 aromatic carbocycles. The van der Waals surface area contributed by atoms with Crippen LogP contribution in [0.1, 0.15) is 23.4 Å². The molecular weight excluding hydrogens is 254 g/mol. The number of hydrogen-bond acceptors (Lipinski definition) is 3. The van der Waals surface area contributed by atoms with Crippen molar-refractivity contribution >= 4 is 22.9 Å². The Morgan fingerprint density at radius 2 is 2.24 bits per heavy atom. The Hall–Kier alpha value is -1.03. The number of hydrogen-bond donors (Lipinski definition) is 2. The standard InChI is InChI=1S/C13H14ClNOS/c1-9(13-3-2-6-17-13)15-8-10-7-11(14)4-5-12(10)16/h2-7,9,15-16H,8H2,1H3. The van der Waals surface area contributed by atoms with Gasteiger partial charge in [-0.15, -0.1) is 11.3 Å². The van der Waals surface area contributed by atoms with Gasteiger partial charge >= 0.3 is 0 Å². The minimum absolute atomic E-state index is 0.272. The first-order valence-electron chi connectivity index (χ1n) is 5.41. The summed E-state index contributed by atoms with van der Waals surface area (Å²) in [5.74, 6) is 0.278. The minimum atomic E-state index is 0.272. The molecule has 0 aliphatic heterocycles. The van der Waals surface area contributed by atoms with Crippen LogP contribution in [-0.2, 0) is 6.54 Å². The highest BCUT2D eigenvalue weighted by Crippen LogP contribution is 2.23. The second-order valence-corrected chi connectivity index (χ2v) is 5.31. The Kier molecular flexibility index (Phi) is 4.05. The molecule has 2 rings (SSSR count). The van der Waals surface area contributed by atoms with Crippen LogP contribution in [-0.4, -0.2) is 5.11 Å². The summed E-state index contributed by atoms with van der Waals surface area (Å²) in [6.45, 7) is 2.71. The maximum atomic E-state index is 9.68. The van der Waals surface area contributed by atoms with Crippen molar-refractivity contribution in [3.8, 4) is 5.75 Å². The Labute approximate surface area is 110 Å². The zero-order valence-corrected chi connectivity index (χ0v) is 11.1. The Morgan fingerprint density at radius 1 is 1.41 bits per heavy atom. The second kappa shape index (κ2) is 5.54. The number of thiophene rings is 1. The number of aromatic hydroxyl groups is 1. The normalized spacial score (nSPS) is 12.6. The zero-order chi connectivity index (χ0) is 12.3. The second-order valence-electron chi connectivity index (χ2n) is 3.89. The SMILES string of the molecule is CC(NCc1cc(Cl)ccc1O)c1cccs1. The van der Waals surface area contributed by atoms with Gasteiger partial charge in [-0.1, -0.05) is 17.7 Å². The topological polar surface area (TPSA) is 32.3 Å². The summed E-state index contributed by atoms with van der Waals surface area (Å²) in [6.07, 6.45) is 0. The maximum absolute atomic E-state index is 9.68. The van der Waals surface area contributed by atoms with E-state index in [0.29, 0.717) is 11.6 Å². The Bertz CT molecular complexity index is 484. The van der Waals surface area contributed by atoms with Crippen molar-refractivity contribution in [3.05, 3.63) is 51.2 Å². The number of halogens is 1. The third-order valence-electron chi connectivity index (χ3n) is 2.61. The van der Waals surface area contributed by atoms with E-state index in [1.54, 1.807) is 29.5 Å². The summed E-state index contributed by atoms with van der Waals surface area (Å²) in [5, 5.41) is 15.7. The molecule has 0 radical (unpaired) electrons. The first-order valence-corrected chi connectivity index (χ1v) is 6.67. The molecule has 0 fully saturated rings. The predicted octanol–water partition coefficient (Wildman–Crippen LogP) is 3.96. The molecule has 2 nitrogen and oxygen atoms in total. The summed E-state index contributed by atoms with van der Waals surface area (Å²) in [7, 11) is 0. The van der Waals surface area contributed by atoms with E-state index >= 15 is 0 Å². The van der Waals surface area contributed by atoms with E-state index in [2.05, 4.69) is 23.7 Å². The molecule has 2 aromatic rings. The molecule has 2 N–H and O–H groups in total. The third kappa shape index (κ3) is 3.22. The van der Waals surface area contributed by atoms with Crippen molar-refractivity contribution in [3.63, 3.8) is 0 Å². The fourth-order valence-corrected chi connectivity index (χ4v) is 2.55. The molecule has 4 heteroatoms. The smallest absolute Gasteiger partial charge is 0.120 e. The molecule has 0 bridgehead atoms. The van der Waals surface area contributed by atoms with Crippen molar-refractivity contribution in [2.24, 2.45) is 0 Å². The highest BCUT2D eigenvalue weighted by atomic mass is 35.5. The van der Waals surface area contributed by atoms with Gasteiger partial charge in [-0.05, 0) is 36.6 Å². The molecule has 1 aromatic heterocycles. The summed E-state index contributed by atoms with van der Waals surface area (Å²) in [5.41, 5.74) is 0.820. The van der Waals surface area contributed by atoms with Gasteiger partial charge in [0.05, 0.1) is 0 Å². The largest absolute Gasteiger partial charge is 0.508 e. The fourth-order valence-electron chi connectivity index (χ4n) is 1.60. The average molecular weight is 268 g/mol. The lowest BCUT2D eigenvalue weighted by molar-refractivity contribution is 0.461. The summed E-state index contributed by atoms with van der Waals surface area (Å²) in [4.78, 5) is 1.28. The quantitative estimate of drug-likeness (QED) is 0.879. The highest BCUT2D eigenvalue weighted by Gasteiger charge is 2.07. The Balaban J connectivity index is 2.00. The summed E-state index contributed by atoms with van der Waals surface area (Å²) in [6, 6.07) is 9.49. The van der Waals surface area contributed by atoms with E-state index < -0.39 is 0 Å². The Morgan fingerprint density at radius 3 is 2.94 bits per heavy atom. The number of nitrogens with one attached hydrogen (secondary N) is 1. The van der Waals surface area contributed by atoms with Gasteiger partial charge in [-0.3, -0.25) is 0 Å². The van der Waals surface area contributed by atoms with Crippen LogP contribution in [0, 0.1) is 0 Å². The number of phenolic OH excluding ortho intramolecular Hbond substituents is 1. The van der Waals surface area contributed by atoms with Crippen molar-refractivity contribution < 1.29 is 5.11 Å². The highest BCUT2D eigenvalue weighted by molar-refractivity contribution is 7.10. The van der Waals surface area contributed by atoms with Crippen LogP contribution < -0.4 is 5.32 Å². The molecular formula is C13H14ClNOS. The molecule has 1 atom stereocenters. The average Bonchev–Trinajstić information content (AvgIpc) is 2.83. The lowest BCUT2D eigenvalue weighted by Gasteiger charge is -2.13. The van der Waals surface area contributed by atoms with Gasteiger partial charge in [0.25, 0.3) is 0 Å². The van der Waals surface area contributed by atoms with Crippen LogP contribution in [0.15, 0.2) is 35.7 Å². The molecule has 0 saturated carbocycles. The van der Waals surface area contributed by atoms with E-state index in [1.165, 1.54) is 4.88 Å². The molecule has 0 amide bonds. The third-order valence-corrected chi connectivity index (χ3v) is 3.90. The maximum Gasteiger partial charge on any atom is 0.120 e. The summed E-state index contributed by atoms with van der Waals surface area (Å²) < 4.78 is 0. The van der Waals surface area contributed by atoms with E-state index in [0.717, 1.165) is 5.56 Å².